The molecule has 0 spiro atoms. The molecular formula is C22H19BrO3. The van der Waals surface area contributed by atoms with Crippen molar-refractivity contribution in [3.63, 3.8) is 0 Å². The van der Waals surface area contributed by atoms with Crippen LogP contribution in [0.1, 0.15) is 27.0 Å². The summed E-state index contributed by atoms with van der Waals surface area (Å²) in [4.78, 5) is 12.6. The van der Waals surface area contributed by atoms with Gasteiger partial charge in [0.15, 0.2) is 0 Å². The molecule has 3 aromatic carbocycles. The SMILES string of the molecule is Cc1c(OCc2ccccc2)ccc(Br)c1C(=O)OCc1ccccc1. The summed E-state index contributed by atoms with van der Waals surface area (Å²) in [6.45, 7) is 2.55. The highest BCUT2D eigenvalue weighted by molar-refractivity contribution is 9.10. The van der Waals surface area contributed by atoms with Crippen molar-refractivity contribution in [3.8, 4) is 5.75 Å². The van der Waals surface area contributed by atoms with Crippen LogP contribution in [0, 0.1) is 6.92 Å². The fraction of sp³-hybridized carbons (Fsp3) is 0.136. The van der Waals surface area contributed by atoms with Gasteiger partial charge in [-0.25, -0.2) is 4.79 Å². The van der Waals surface area contributed by atoms with E-state index in [2.05, 4.69) is 15.9 Å². The van der Waals surface area contributed by atoms with E-state index in [1.165, 1.54) is 0 Å². The monoisotopic (exact) mass is 410 g/mol. The Balaban J connectivity index is 1.73. The van der Waals surface area contributed by atoms with Gasteiger partial charge >= 0.3 is 5.97 Å². The number of rotatable bonds is 6. The van der Waals surface area contributed by atoms with Gasteiger partial charge in [-0.2, -0.15) is 0 Å². The van der Waals surface area contributed by atoms with Crippen molar-refractivity contribution in [2.24, 2.45) is 0 Å². The van der Waals surface area contributed by atoms with Gasteiger partial charge in [0.1, 0.15) is 19.0 Å². The van der Waals surface area contributed by atoms with Gasteiger partial charge in [0, 0.05) is 10.0 Å². The first-order chi connectivity index (χ1) is 12.6. The third kappa shape index (κ3) is 4.52. The highest BCUT2D eigenvalue weighted by Crippen LogP contribution is 2.30. The van der Waals surface area contributed by atoms with Crippen LogP contribution in [0.25, 0.3) is 0 Å². The molecule has 0 aromatic heterocycles. The van der Waals surface area contributed by atoms with Crippen LogP contribution in [0.2, 0.25) is 0 Å². The van der Waals surface area contributed by atoms with Crippen molar-refractivity contribution >= 4 is 21.9 Å². The molecule has 0 aliphatic rings. The number of benzene rings is 3. The molecule has 0 bridgehead atoms. The van der Waals surface area contributed by atoms with Gasteiger partial charge in [-0.05, 0) is 46.1 Å². The molecule has 3 nitrogen and oxygen atoms in total. The quantitative estimate of drug-likeness (QED) is 0.489. The Labute approximate surface area is 161 Å². The number of esters is 1. The maximum Gasteiger partial charge on any atom is 0.340 e. The lowest BCUT2D eigenvalue weighted by Crippen LogP contribution is -2.09. The van der Waals surface area contributed by atoms with Crippen LogP contribution >= 0.6 is 15.9 Å². The van der Waals surface area contributed by atoms with Crippen molar-refractivity contribution in [3.05, 3.63) is 99.5 Å². The summed E-state index contributed by atoms with van der Waals surface area (Å²) in [6.07, 6.45) is 0. The summed E-state index contributed by atoms with van der Waals surface area (Å²) in [6, 6.07) is 23.2. The number of hydrogen-bond donors (Lipinski definition) is 0. The van der Waals surface area contributed by atoms with Gasteiger partial charge in [-0.15, -0.1) is 0 Å². The molecule has 0 atom stereocenters. The Morgan fingerprint density at radius 3 is 2.04 bits per heavy atom. The van der Waals surface area contributed by atoms with E-state index in [9.17, 15) is 4.79 Å². The smallest absolute Gasteiger partial charge is 0.340 e. The third-order valence-electron chi connectivity index (χ3n) is 4.02. The van der Waals surface area contributed by atoms with Gasteiger partial charge in [0.05, 0.1) is 5.56 Å². The summed E-state index contributed by atoms with van der Waals surface area (Å²) >= 11 is 3.45. The minimum atomic E-state index is -0.372. The first-order valence-corrected chi connectivity index (χ1v) is 9.11. The molecule has 0 amide bonds. The molecular weight excluding hydrogens is 392 g/mol. The van der Waals surface area contributed by atoms with E-state index < -0.39 is 0 Å². The Morgan fingerprint density at radius 2 is 1.42 bits per heavy atom. The van der Waals surface area contributed by atoms with Gasteiger partial charge in [0.2, 0.25) is 0 Å². The minimum Gasteiger partial charge on any atom is -0.489 e. The van der Waals surface area contributed by atoms with Crippen molar-refractivity contribution in [1.29, 1.82) is 0 Å². The average Bonchev–Trinajstić information content (AvgIpc) is 2.67. The second kappa shape index (κ2) is 8.68. The fourth-order valence-corrected chi connectivity index (χ4v) is 3.19. The van der Waals surface area contributed by atoms with E-state index in [-0.39, 0.29) is 12.6 Å². The zero-order valence-corrected chi connectivity index (χ0v) is 16.0. The number of hydrogen-bond acceptors (Lipinski definition) is 3. The summed E-state index contributed by atoms with van der Waals surface area (Å²) in [5.74, 6) is 0.298. The molecule has 4 heteroatoms. The minimum absolute atomic E-state index is 0.237. The average molecular weight is 411 g/mol. The maximum absolute atomic E-state index is 12.6. The van der Waals surface area contributed by atoms with Crippen LogP contribution < -0.4 is 4.74 Å². The van der Waals surface area contributed by atoms with Crippen LogP contribution in [-0.4, -0.2) is 5.97 Å². The van der Waals surface area contributed by atoms with E-state index in [0.29, 0.717) is 22.4 Å². The zero-order chi connectivity index (χ0) is 18.4. The molecule has 0 N–H and O–H groups in total. The lowest BCUT2D eigenvalue weighted by Gasteiger charge is -2.14. The number of ether oxygens (including phenoxy) is 2. The van der Waals surface area contributed by atoms with E-state index in [1.807, 2.05) is 79.7 Å². The number of halogens is 1. The van der Waals surface area contributed by atoms with Crippen molar-refractivity contribution < 1.29 is 14.3 Å². The number of carbonyl (C=O) groups is 1. The van der Waals surface area contributed by atoms with Gasteiger partial charge in [0.25, 0.3) is 0 Å². The molecule has 0 saturated heterocycles. The lowest BCUT2D eigenvalue weighted by molar-refractivity contribution is 0.0470. The lowest BCUT2D eigenvalue weighted by atomic mass is 10.1. The molecule has 3 rings (SSSR count). The van der Waals surface area contributed by atoms with Gasteiger partial charge < -0.3 is 9.47 Å². The van der Waals surface area contributed by atoms with E-state index in [4.69, 9.17) is 9.47 Å². The fourth-order valence-electron chi connectivity index (χ4n) is 2.60. The molecule has 0 aliphatic carbocycles. The van der Waals surface area contributed by atoms with Crippen molar-refractivity contribution in [2.75, 3.05) is 0 Å². The first-order valence-electron chi connectivity index (χ1n) is 8.32. The molecule has 0 fully saturated rings. The second-order valence-corrected chi connectivity index (χ2v) is 6.74. The van der Waals surface area contributed by atoms with E-state index in [1.54, 1.807) is 0 Å². The molecule has 0 saturated carbocycles. The summed E-state index contributed by atoms with van der Waals surface area (Å²) in [5, 5.41) is 0. The summed E-state index contributed by atoms with van der Waals surface area (Å²) in [7, 11) is 0. The standard InChI is InChI=1S/C22H19BrO3/c1-16-20(25-14-17-8-4-2-5-9-17)13-12-19(23)21(16)22(24)26-15-18-10-6-3-7-11-18/h2-13H,14-15H2,1H3. The van der Waals surface area contributed by atoms with Crippen LogP contribution in [0.4, 0.5) is 0 Å². The largest absolute Gasteiger partial charge is 0.489 e. The van der Waals surface area contributed by atoms with E-state index in [0.717, 1.165) is 16.7 Å². The topological polar surface area (TPSA) is 35.5 Å². The maximum atomic E-state index is 12.6. The highest BCUT2D eigenvalue weighted by atomic mass is 79.9. The van der Waals surface area contributed by atoms with Gasteiger partial charge in [-0.1, -0.05) is 60.7 Å². The third-order valence-corrected chi connectivity index (χ3v) is 4.68. The zero-order valence-electron chi connectivity index (χ0n) is 14.4. The highest BCUT2D eigenvalue weighted by Gasteiger charge is 2.18. The Bertz CT molecular complexity index is 877. The van der Waals surface area contributed by atoms with Crippen molar-refractivity contribution in [1.82, 2.24) is 0 Å². The van der Waals surface area contributed by atoms with E-state index >= 15 is 0 Å². The van der Waals surface area contributed by atoms with Crippen LogP contribution in [0.3, 0.4) is 0 Å². The predicted molar refractivity (Wildman–Crippen MR) is 105 cm³/mol. The number of carbonyl (C=O) groups excluding carboxylic acids is 1. The molecule has 26 heavy (non-hydrogen) atoms. The molecule has 3 aromatic rings. The van der Waals surface area contributed by atoms with Crippen LogP contribution in [0.15, 0.2) is 77.3 Å². The molecule has 0 heterocycles. The van der Waals surface area contributed by atoms with Gasteiger partial charge in [-0.3, -0.25) is 0 Å². The predicted octanol–water partition coefficient (Wildman–Crippen LogP) is 5.69. The molecule has 0 unspecified atom stereocenters. The molecule has 132 valence electrons. The Morgan fingerprint density at radius 1 is 0.846 bits per heavy atom. The Kier molecular flexibility index (Phi) is 6.08. The van der Waals surface area contributed by atoms with Crippen molar-refractivity contribution in [2.45, 2.75) is 20.1 Å². The first kappa shape index (κ1) is 18.2. The van der Waals surface area contributed by atoms with Crippen LogP contribution in [0.5, 0.6) is 5.75 Å². The normalized spacial score (nSPS) is 10.4. The second-order valence-electron chi connectivity index (χ2n) is 5.88. The summed E-state index contributed by atoms with van der Waals surface area (Å²) < 4.78 is 12.1. The van der Waals surface area contributed by atoms with Crippen LogP contribution in [-0.2, 0) is 18.0 Å². The summed E-state index contributed by atoms with van der Waals surface area (Å²) in [5.41, 5.74) is 3.27. The Hall–Kier alpha value is -2.59. The molecule has 0 radical (unpaired) electrons. The molecule has 0 aliphatic heterocycles.